The van der Waals surface area contributed by atoms with Gasteiger partial charge in [0.15, 0.2) is 0 Å². The van der Waals surface area contributed by atoms with Gasteiger partial charge in [0.2, 0.25) is 0 Å². The first-order valence-corrected chi connectivity index (χ1v) is 7.47. The molecule has 0 aromatic heterocycles. The molecule has 0 spiro atoms. The molecule has 120 valence electrons. The van der Waals surface area contributed by atoms with E-state index in [4.69, 9.17) is 10.5 Å². The van der Waals surface area contributed by atoms with Gasteiger partial charge in [-0.1, -0.05) is 30.3 Å². The summed E-state index contributed by atoms with van der Waals surface area (Å²) in [5, 5.41) is 2.74. The third kappa shape index (κ3) is 4.85. The predicted octanol–water partition coefficient (Wildman–Crippen LogP) is 2.17. The van der Waals surface area contributed by atoms with Gasteiger partial charge in [-0.25, -0.2) is 4.79 Å². The molecule has 2 aromatic carbocycles. The van der Waals surface area contributed by atoms with Gasteiger partial charge in [-0.2, -0.15) is 0 Å². The van der Waals surface area contributed by atoms with Gasteiger partial charge in [0.05, 0.1) is 6.61 Å². The number of hydrogen-bond donors (Lipinski definition) is 2. The van der Waals surface area contributed by atoms with Crippen LogP contribution in [-0.4, -0.2) is 24.5 Å². The molecule has 2 rings (SSSR count). The van der Waals surface area contributed by atoms with Crippen LogP contribution in [-0.2, 0) is 16.0 Å². The quantitative estimate of drug-likeness (QED) is 0.633. The molecule has 5 nitrogen and oxygen atoms in total. The van der Waals surface area contributed by atoms with Gasteiger partial charge in [-0.15, -0.1) is 0 Å². The summed E-state index contributed by atoms with van der Waals surface area (Å²) in [4.78, 5) is 24.4. The Labute approximate surface area is 135 Å². The minimum absolute atomic E-state index is 0.262. The lowest BCUT2D eigenvalue weighted by Gasteiger charge is -2.17. The van der Waals surface area contributed by atoms with Crippen molar-refractivity contribution in [2.24, 2.45) is 0 Å². The number of esters is 1. The number of nitrogens with two attached hydrogens (primary N) is 1. The second-order valence-electron chi connectivity index (χ2n) is 5.09. The third-order valence-electron chi connectivity index (χ3n) is 3.33. The Morgan fingerprint density at radius 2 is 1.74 bits per heavy atom. The average molecular weight is 312 g/mol. The molecule has 0 heterocycles. The van der Waals surface area contributed by atoms with Gasteiger partial charge >= 0.3 is 5.97 Å². The molecule has 0 aliphatic heterocycles. The maximum atomic E-state index is 12.3. The van der Waals surface area contributed by atoms with Crippen molar-refractivity contribution in [1.29, 1.82) is 0 Å². The maximum absolute atomic E-state index is 12.3. The van der Waals surface area contributed by atoms with E-state index in [1.54, 1.807) is 43.3 Å². The van der Waals surface area contributed by atoms with Crippen LogP contribution in [0.2, 0.25) is 0 Å². The number of carbonyl (C=O) groups excluding carboxylic acids is 2. The number of benzene rings is 2. The van der Waals surface area contributed by atoms with Crippen LogP contribution in [0.3, 0.4) is 0 Å². The number of nitrogen functional groups attached to an aromatic ring is 1. The SMILES string of the molecule is CCOC(=O)[C@H](Cc1ccc(N)cc1)NC(=O)c1ccccc1. The molecule has 0 aliphatic rings. The highest BCUT2D eigenvalue weighted by Gasteiger charge is 2.23. The largest absolute Gasteiger partial charge is 0.464 e. The van der Waals surface area contributed by atoms with E-state index in [1.807, 2.05) is 18.2 Å². The fourth-order valence-corrected chi connectivity index (χ4v) is 2.16. The van der Waals surface area contributed by atoms with Crippen molar-refractivity contribution in [3.63, 3.8) is 0 Å². The van der Waals surface area contributed by atoms with E-state index in [9.17, 15) is 9.59 Å². The zero-order valence-corrected chi connectivity index (χ0v) is 13.0. The fraction of sp³-hybridized carbons (Fsp3) is 0.222. The maximum Gasteiger partial charge on any atom is 0.328 e. The molecule has 1 amide bonds. The summed E-state index contributed by atoms with van der Waals surface area (Å²) in [6.45, 7) is 2.00. The highest BCUT2D eigenvalue weighted by Crippen LogP contribution is 2.10. The monoisotopic (exact) mass is 312 g/mol. The molecule has 23 heavy (non-hydrogen) atoms. The van der Waals surface area contributed by atoms with Crippen molar-refractivity contribution in [3.05, 3.63) is 65.7 Å². The smallest absolute Gasteiger partial charge is 0.328 e. The number of carbonyl (C=O) groups is 2. The second kappa shape index (κ2) is 7.98. The molecule has 0 saturated heterocycles. The zero-order valence-electron chi connectivity index (χ0n) is 13.0. The first kappa shape index (κ1) is 16.5. The minimum atomic E-state index is -0.744. The van der Waals surface area contributed by atoms with Crippen LogP contribution in [0.15, 0.2) is 54.6 Å². The van der Waals surface area contributed by atoms with Crippen LogP contribution < -0.4 is 11.1 Å². The number of amides is 1. The lowest BCUT2D eigenvalue weighted by molar-refractivity contribution is -0.145. The summed E-state index contributed by atoms with van der Waals surface area (Å²) < 4.78 is 5.06. The second-order valence-corrected chi connectivity index (χ2v) is 5.09. The van der Waals surface area contributed by atoms with Crippen molar-refractivity contribution in [2.75, 3.05) is 12.3 Å². The predicted molar refractivity (Wildman–Crippen MR) is 88.9 cm³/mol. The first-order valence-electron chi connectivity index (χ1n) is 7.47. The Bertz CT molecular complexity index is 654. The summed E-state index contributed by atoms with van der Waals surface area (Å²) in [5.74, 6) is -0.757. The van der Waals surface area contributed by atoms with Crippen LogP contribution in [0.25, 0.3) is 0 Å². The zero-order chi connectivity index (χ0) is 16.7. The number of ether oxygens (including phenoxy) is 1. The van der Waals surface area contributed by atoms with Gasteiger partial charge in [0, 0.05) is 17.7 Å². The van der Waals surface area contributed by atoms with Crippen molar-refractivity contribution in [2.45, 2.75) is 19.4 Å². The van der Waals surface area contributed by atoms with Crippen LogP contribution in [0, 0.1) is 0 Å². The molecule has 1 atom stereocenters. The van der Waals surface area contributed by atoms with E-state index in [0.29, 0.717) is 17.7 Å². The Hall–Kier alpha value is -2.82. The molecule has 0 saturated carbocycles. The van der Waals surface area contributed by atoms with Gasteiger partial charge in [-0.3, -0.25) is 4.79 Å². The molecular weight excluding hydrogens is 292 g/mol. The van der Waals surface area contributed by atoms with Crippen molar-refractivity contribution in [1.82, 2.24) is 5.32 Å². The third-order valence-corrected chi connectivity index (χ3v) is 3.33. The molecule has 5 heteroatoms. The Morgan fingerprint density at radius 3 is 2.35 bits per heavy atom. The van der Waals surface area contributed by atoms with E-state index < -0.39 is 12.0 Å². The lowest BCUT2D eigenvalue weighted by Crippen LogP contribution is -2.43. The van der Waals surface area contributed by atoms with Crippen molar-refractivity contribution in [3.8, 4) is 0 Å². The van der Waals surface area contributed by atoms with E-state index in [0.717, 1.165) is 5.56 Å². The summed E-state index contributed by atoms with van der Waals surface area (Å²) in [5.41, 5.74) is 7.70. The van der Waals surface area contributed by atoms with E-state index >= 15 is 0 Å². The number of hydrogen-bond acceptors (Lipinski definition) is 4. The molecule has 3 N–H and O–H groups in total. The lowest BCUT2D eigenvalue weighted by atomic mass is 10.0. The highest BCUT2D eigenvalue weighted by molar-refractivity contribution is 5.96. The molecule has 0 fully saturated rings. The highest BCUT2D eigenvalue weighted by atomic mass is 16.5. The number of nitrogens with one attached hydrogen (secondary N) is 1. The van der Waals surface area contributed by atoms with Gasteiger partial charge in [-0.05, 0) is 36.8 Å². The number of rotatable bonds is 6. The standard InChI is InChI=1S/C18H20N2O3/c1-2-23-18(22)16(12-13-8-10-15(19)11-9-13)20-17(21)14-6-4-3-5-7-14/h3-11,16H,2,12,19H2,1H3,(H,20,21)/t16-/m0/s1. The molecule has 0 unspecified atom stereocenters. The van der Waals surface area contributed by atoms with Crippen LogP contribution in [0.4, 0.5) is 5.69 Å². The summed E-state index contributed by atoms with van der Waals surface area (Å²) >= 11 is 0. The molecule has 0 aliphatic carbocycles. The average Bonchev–Trinajstić information content (AvgIpc) is 2.57. The molecular formula is C18H20N2O3. The van der Waals surface area contributed by atoms with Gasteiger partial charge in [0.25, 0.3) is 5.91 Å². The number of anilines is 1. The Kier molecular flexibility index (Phi) is 5.74. The van der Waals surface area contributed by atoms with Crippen LogP contribution in [0.5, 0.6) is 0 Å². The topological polar surface area (TPSA) is 81.4 Å². The van der Waals surface area contributed by atoms with E-state index in [-0.39, 0.29) is 12.5 Å². The Balaban J connectivity index is 2.12. The molecule has 0 radical (unpaired) electrons. The summed E-state index contributed by atoms with van der Waals surface area (Å²) in [6.07, 6.45) is 0.345. The first-order chi connectivity index (χ1) is 11.1. The normalized spacial score (nSPS) is 11.5. The van der Waals surface area contributed by atoms with Crippen LogP contribution in [0.1, 0.15) is 22.8 Å². The fourth-order valence-electron chi connectivity index (χ4n) is 2.16. The Morgan fingerprint density at radius 1 is 1.09 bits per heavy atom. The van der Waals surface area contributed by atoms with Crippen molar-refractivity contribution < 1.29 is 14.3 Å². The van der Waals surface area contributed by atoms with Crippen LogP contribution >= 0.6 is 0 Å². The van der Waals surface area contributed by atoms with Gasteiger partial charge < -0.3 is 15.8 Å². The molecule has 0 bridgehead atoms. The summed E-state index contributed by atoms with van der Waals surface area (Å²) in [7, 11) is 0. The van der Waals surface area contributed by atoms with E-state index in [1.165, 1.54) is 0 Å². The summed E-state index contributed by atoms with van der Waals surface area (Å²) in [6, 6.07) is 15.2. The van der Waals surface area contributed by atoms with Gasteiger partial charge in [0.1, 0.15) is 6.04 Å². The minimum Gasteiger partial charge on any atom is -0.464 e. The molecule has 2 aromatic rings. The van der Waals surface area contributed by atoms with Crippen molar-refractivity contribution >= 4 is 17.6 Å². The van der Waals surface area contributed by atoms with E-state index in [2.05, 4.69) is 5.32 Å².